The number of ether oxygens (including phenoxy) is 1. The number of methoxy groups -OCH3 is 1. The van der Waals surface area contributed by atoms with E-state index in [4.69, 9.17) is 10.5 Å². The molecule has 0 saturated carbocycles. The average molecular weight is 343 g/mol. The van der Waals surface area contributed by atoms with E-state index in [0.717, 1.165) is 15.8 Å². The Bertz CT molecular complexity index is 469. The Morgan fingerprint density at radius 1 is 1.50 bits per heavy atom. The second-order valence-electron chi connectivity index (χ2n) is 5.67. The van der Waals surface area contributed by atoms with Crippen molar-refractivity contribution in [3.8, 4) is 5.75 Å². The first kappa shape index (κ1) is 17.0. The third-order valence-corrected chi connectivity index (χ3v) is 3.67. The fourth-order valence-electron chi connectivity index (χ4n) is 1.78. The molecule has 1 aromatic carbocycles. The smallest absolute Gasteiger partial charge is 0.220 e. The summed E-state index contributed by atoms with van der Waals surface area (Å²) in [6.45, 7) is 5.80. The van der Waals surface area contributed by atoms with Crippen LogP contribution in [0.4, 0.5) is 0 Å². The lowest BCUT2D eigenvalue weighted by Crippen LogP contribution is -2.35. The second kappa shape index (κ2) is 7.09. The van der Waals surface area contributed by atoms with E-state index in [1.807, 2.05) is 39.0 Å². The first-order chi connectivity index (χ1) is 9.23. The number of hydrogen-bond acceptors (Lipinski definition) is 3. The van der Waals surface area contributed by atoms with Crippen LogP contribution in [-0.2, 0) is 4.79 Å². The van der Waals surface area contributed by atoms with Crippen molar-refractivity contribution in [2.45, 2.75) is 45.2 Å². The van der Waals surface area contributed by atoms with Crippen molar-refractivity contribution in [3.63, 3.8) is 0 Å². The van der Waals surface area contributed by atoms with Crippen molar-refractivity contribution in [2.24, 2.45) is 5.73 Å². The quantitative estimate of drug-likeness (QED) is 0.834. The summed E-state index contributed by atoms with van der Waals surface area (Å²) >= 11 is 3.44. The zero-order valence-corrected chi connectivity index (χ0v) is 14.1. The number of nitrogens with two attached hydrogens (primary N) is 1. The average Bonchev–Trinajstić information content (AvgIpc) is 2.35. The van der Waals surface area contributed by atoms with E-state index in [9.17, 15) is 4.79 Å². The molecule has 0 spiro atoms. The van der Waals surface area contributed by atoms with Gasteiger partial charge in [0.15, 0.2) is 0 Å². The summed E-state index contributed by atoms with van der Waals surface area (Å²) in [5.41, 5.74) is 6.59. The molecular formula is C15H23BrN2O2. The number of carbonyl (C=O) groups is 1. The lowest BCUT2D eigenvalue weighted by atomic mass is 9.99. The molecule has 1 unspecified atom stereocenters. The lowest BCUT2D eigenvalue weighted by Gasteiger charge is -2.19. The maximum atomic E-state index is 11.9. The highest BCUT2D eigenvalue weighted by Gasteiger charge is 2.15. The molecule has 0 radical (unpaired) electrons. The zero-order valence-electron chi connectivity index (χ0n) is 12.5. The molecule has 112 valence electrons. The van der Waals surface area contributed by atoms with Gasteiger partial charge in [-0.2, -0.15) is 0 Å². The van der Waals surface area contributed by atoms with Crippen molar-refractivity contribution in [1.29, 1.82) is 0 Å². The van der Waals surface area contributed by atoms with Gasteiger partial charge in [0.25, 0.3) is 0 Å². The minimum absolute atomic E-state index is 0.0166. The molecule has 0 aliphatic heterocycles. The summed E-state index contributed by atoms with van der Waals surface area (Å²) in [4.78, 5) is 11.9. The highest BCUT2D eigenvalue weighted by Crippen LogP contribution is 2.28. The van der Waals surface area contributed by atoms with Gasteiger partial charge in [0.1, 0.15) is 5.75 Å². The Balaban J connectivity index is 2.60. The highest BCUT2D eigenvalue weighted by molar-refractivity contribution is 9.10. The minimum Gasteiger partial charge on any atom is -0.496 e. The maximum Gasteiger partial charge on any atom is 0.220 e. The largest absolute Gasteiger partial charge is 0.496 e. The summed E-state index contributed by atoms with van der Waals surface area (Å²) in [6.07, 6.45) is 1.10. The normalized spacial score (nSPS) is 12.9. The molecular weight excluding hydrogens is 320 g/mol. The number of carbonyl (C=O) groups excluding carboxylic acids is 1. The van der Waals surface area contributed by atoms with Crippen LogP contribution in [0.15, 0.2) is 22.7 Å². The fourth-order valence-corrected chi connectivity index (χ4v) is 2.34. The van der Waals surface area contributed by atoms with Gasteiger partial charge in [0, 0.05) is 12.0 Å². The van der Waals surface area contributed by atoms with Crippen LogP contribution in [0.5, 0.6) is 5.75 Å². The van der Waals surface area contributed by atoms with Crippen molar-refractivity contribution in [3.05, 3.63) is 28.2 Å². The highest BCUT2D eigenvalue weighted by atomic mass is 79.9. The second-order valence-corrected chi connectivity index (χ2v) is 6.53. The van der Waals surface area contributed by atoms with Crippen LogP contribution >= 0.6 is 15.9 Å². The Kier molecular flexibility index (Phi) is 6.02. The van der Waals surface area contributed by atoms with Gasteiger partial charge in [0.05, 0.1) is 17.6 Å². The summed E-state index contributed by atoms with van der Waals surface area (Å²) in [6, 6.07) is 5.73. The standard InChI is InChI=1S/C15H23BrN2O2/c1-10(18-14(19)7-8-15(2,3)17)11-5-6-13(20-4)12(16)9-11/h5-6,9-10H,7-8,17H2,1-4H3,(H,18,19). The Morgan fingerprint density at radius 3 is 2.65 bits per heavy atom. The summed E-state index contributed by atoms with van der Waals surface area (Å²) in [7, 11) is 1.62. The van der Waals surface area contributed by atoms with Gasteiger partial charge >= 0.3 is 0 Å². The van der Waals surface area contributed by atoms with Gasteiger partial charge in [-0.3, -0.25) is 4.79 Å². The van der Waals surface area contributed by atoms with Gasteiger partial charge in [-0.05, 0) is 60.8 Å². The van der Waals surface area contributed by atoms with Gasteiger partial charge in [0.2, 0.25) is 5.91 Å². The number of rotatable bonds is 6. The van der Waals surface area contributed by atoms with Gasteiger partial charge in [-0.25, -0.2) is 0 Å². The Hall–Kier alpha value is -1.07. The van der Waals surface area contributed by atoms with Crippen LogP contribution in [0.2, 0.25) is 0 Å². The third kappa shape index (κ3) is 5.51. The Labute approximate surface area is 129 Å². The topological polar surface area (TPSA) is 64.3 Å². The first-order valence-corrected chi connectivity index (χ1v) is 7.44. The predicted molar refractivity (Wildman–Crippen MR) is 84.8 cm³/mol. The molecule has 5 heteroatoms. The van der Waals surface area contributed by atoms with E-state index >= 15 is 0 Å². The summed E-state index contributed by atoms with van der Waals surface area (Å²) in [5.74, 6) is 0.792. The molecule has 0 aliphatic carbocycles. The molecule has 0 fully saturated rings. The number of benzene rings is 1. The van der Waals surface area contributed by atoms with E-state index in [-0.39, 0.29) is 17.5 Å². The number of hydrogen-bond donors (Lipinski definition) is 2. The van der Waals surface area contributed by atoms with Crippen LogP contribution in [0.1, 0.15) is 45.2 Å². The molecule has 0 bridgehead atoms. The first-order valence-electron chi connectivity index (χ1n) is 6.64. The molecule has 3 N–H and O–H groups in total. The van der Waals surface area contributed by atoms with E-state index < -0.39 is 0 Å². The van der Waals surface area contributed by atoms with Crippen LogP contribution in [0.25, 0.3) is 0 Å². The van der Waals surface area contributed by atoms with Crippen LogP contribution in [0.3, 0.4) is 0 Å². The van der Waals surface area contributed by atoms with E-state index in [1.165, 1.54) is 0 Å². The monoisotopic (exact) mass is 342 g/mol. The number of nitrogens with one attached hydrogen (secondary N) is 1. The van der Waals surface area contributed by atoms with Crippen molar-refractivity contribution < 1.29 is 9.53 Å². The van der Waals surface area contributed by atoms with Gasteiger partial charge < -0.3 is 15.8 Å². The van der Waals surface area contributed by atoms with Gasteiger partial charge in [-0.15, -0.1) is 0 Å². The SMILES string of the molecule is COc1ccc(C(C)NC(=O)CCC(C)(C)N)cc1Br. The van der Waals surface area contributed by atoms with Crippen LogP contribution in [0, 0.1) is 0 Å². The lowest BCUT2D eigenvalue weighted by molar-refractivity contribution is -0.122. The molecule has 0 saturated heterocycles. The predicted octanol–water partition coefficient (Wildman–Crippen LogP) is 3.15. The molecule has 0 aliphatic rings. The molecule has 1 atom stereocenters. The molecule has 20 heavy (non-hydrogen) atoms. The molecule has 1 aromatic rings. The zero-order chi connectivity index (χ0) is 15.3. The number of amides is 1. The van der Waals surface area contributed by atoms with Crippen molar-refractivity contribution in [1.82, 2.24) is 5.32 Å². The number of halogens is 1. The fraction of sp³-hybridized carbons (Fsp3) is 0.533. The van der Waals surface area contributed by atoms with Crippen molar-refractivity contribution in [2.75, 3.05) is 7.11 Å². The van der Waals surface area contributed by atoms with E-state index in [1.54, 1.807) is 7.11 Å². The molecule has 1 amide bonds. The van der Waals surface area contributed by atoms with Crippen LogP contribution < -0.4 is 15.8 Å². The maximum absolute atomic E-state index is 11.9. The Morgan fingerprint density at radius 2 is 2.15 bits per heavy atom. The molecule has 4 nitrogen and oxygen atoms in total. The van der Waals surface area contributed by atoms with Crippen molar-refractivity contribution >= 4 is 21.8 Å². The van der Waals surface area contributed by atoms with Gasteiger partial charge in [-0.1, -0.05) is 6.07 Å². The third-order valence-electron chi connectivity index (χ3n) is 3.05. The molecule has 0 aromatic heterocycles. The van der Waals surface area contributed by atoms with E-state index in [0.29, 0.717) is 12.8 Å². The van der Waals surface area contributed by atoms with Crippen LogP contribution in [-0.4, -0.2) is 18.6 Å². The molecule has 0 heterocycles. The molecule has 1 rings (SSSR count). The summed E-state index contributed by atoms with van der Waals surface area (Å²) < 4.78 is 6.07. The van der Waals surface area contributed by atoms with E-state index in [2.05, 4.69) is 21.2 Å². The summed E-state index contributed by atoms with van der Waals surface area (Å²) in [5, 5.41) is 2.98. The minimum atomic E-state index is -0.316.